The molecule has 0 bridgehead atoms. The van der Waals surface area contributed by atoms with Gasteiger partial charge >= 0.3 is 6.03 Å². The van der Waals surface area contributed by atoms with E-state index in [1.165, 1.54) is 18.2 Å². The Balaban J connectivity index is 1.65. The number of hydrogen-bond donors (Lipinski definition) is 2. The van der Waals surface area contributed by atoms with Gasteiger partial charge in [0, 0.05) is 29.7 Å². The zero-order chi connectivity index (χ0) is 24.5. The van der Waals surface area contributed by atoms with Gasteiger partial charge in [0.2, 0.25) is 0 Å². The van der Waals surface area contributed by atoms with Crippen molar-refractivity contribution in [1.29, 1.82) is 0 Å². The van der Waals surface area contributed by atoms with E-state index in [0.717, 1.165) is 10.9 Å². The minimum absolute atomic E-state index is 0.0629. The summed E-state index contributed by atoms with van der Waals surface area (Å²) in [5.41, 5.74) is 0.970. The second-order valence-corrected chi connectivity index (χ2v) is 9.30. The molecule has 1 atom stereocenters. The molecule has 1 aliphatic heterocycles. The molecule has 2 N–H and O–H groups in total. The molecule has 3 aromatic rings. The molecule has 9 heteroatoms. The summed E-state index contributed by atoms with van der Waals surface area (Å²) in [5, 5.41) is 4.03. The number of rotatable bonds is 5. The standard InChI is InChI=1S/C25H27ClFN3O4/c1-15(20-11-28-23(31)19-7-5-4-6-18(19)20)30(12-16-13-33-25(2,3)34-14-16)24(32)29-17-8-9-22(27)21(26)10-17/h4-11,15-16H,12-14H2,1-3H3,(H,28,31)(H,29,32)/t15-/m0/s1. The maximum absolute atomic E-state index is 13.6. The number of ether oxygens (including phenoxy) is 2. The van der Waals surface area contributed by atoms with Gasteiger partial charge < -0.3 is 24.7 Å². The van der Waals surface area contributed by atoms with E-state index in [1.54, 1.807) is 23.2 Å². The summed E-state index contributed by atoms with van der Waals surface area (Å²) < 4.78 is 25.2. The molecule has 7 nitrogen and oxygen atoms in total. The van der Waals surface area contributed by atoms with Gasteiger partial charge in [-0.15, -0.1) is 0 Å². The number of pyridine rings is 1. The Hall–Kier alpha value is -2.94. The lowest BCUT2D eigenvalue weighted by Crippen LogP contribution is -2.47. The lowest BCUT2D eigenvalue weighted by atomic mass is 10.00. The smallest absolute Gasteiger partial charge is 0.322 e. The molecular weight excluding hydrogens is 461 g/mol. The second-order valence-electron chi connectivity index (χ2n) is 8.89. The van der Waals surface area contributed by atoms with E-state index in [9.17, 15) is 14.0 Å². The number of fused-ring (bicyclic) bond motifs is 1. The largest absolute Gasteiger partial charge is 0.350 e. The highest BCUT2D eigenvalue weighted by atomic mass is 35.5. The molecule has 34 heavy (non-hydrogen) atoms. The van der Waals surface area contributed by atoms with Crippen molar-refractivity contribution < 1.29 is 18.7 Å². The van der Waals surface area contributed by atoms with Crippen LogP contribution in [-0.2, 0) is 9.47 Å². The zero-order valence-electron chi connectivity index (χ0n) is 19.2. The van der Waals surface area contributed by atoms with Crippen molar-refractivity contribution in [2.45, 2.75) is 32.6 Å². The first-order chi connectivity index (χ1) is 16.1. The molecule has 0 radical (unpaired) electrons. The van der Waals surface area contributed by atoms with E-state index in [2.05, 4.69) is 10.3 Å². The Morgan fingerprint density at radius 3 is 2.59 bits per heavy atom. The number of halogens is 2. The van der Waals surface area contributed by atoms with Crippen molar-refractivity contribution in [2.75, 3.05) is 25.1 Å². The van der Waals surface area contributed by atoms with Crippen LogP contribution in [0.5, 0.6) is 0 Å². The molecule has 1 saturated heterocycles. The number of anilines is 1. The predicted molar refractivity (Wildman–Crippen MR) is 130 cm³/mol. The van der Waals surface area contributed by atoms with Gasteiger partial charge in [-0.3, -0.25) is 4.79 Å². The molecule has 2 amide bonds. The van der Waals surface area contributed by atoms with Crippen molar-refractivity contribution >= 4 is 34.1 Å². The lowest BCUT2D eigenvalue weighted by Gasteiger charge is -2.38. The molecule has 0 saturated carbocycles. The Morgan fingerprint density at radius 2 is 1.91 bits per heavy atom. The van der Waals surface area contributed by atoms with Gasteiger partial charge in [-0.25, -0.2) is 9.18 Å². The van der Waals surface area contributed by atoms with Gasteiger partial charge in [0.05, 0.1) is 24.3 Å². The first-order valence-electron chi connectivity index (χ1n) is 11.1. The number of urea groups is 1. The molecule has 0 spiro atoms. The fourth-order valence-electron chi connectivity index (χ4n) is 4.04. The predicted octanol–water partition coefficient (Wildman–Crippen LogP) is 5.31. The first kappa shape index (κ1) is 24.2. The van der Waals surface area contributed by atoms with Crippen molar-refractivity contribution in [1.82, 2.24) is 9.88 Å². The molecule has 1 aliphatic rings. The van der Waals surface area contributed by atoms with Gasteiger partial charge in [-0.2, -0.15) is 0 Å². The molecule has 180 valence electrons. The summed E-state index contributed by atoms with van der Waals surface area (Å²) in [7, 11) is 0. The Morgan fingerprint density at radius 1 is 1.24 bits per heavy atom. The average molecular weight is 488 g/mol. The summed E-state index contributed by atoms with van der Waals surface area (Å²) in [5.74, 6) is -1.30. The number of nitrogens with zero attached hydrogens (tertiary/aromatic N) is 1. The van der Waals surface area contributed by atoms with E-state index in [-0.39, 0.29) is 16.5 Å². The average Bonchev–Trinajstić information content (AvgIpc) is 2.81. The highest BCUT2D eigenvalue weighted by Gasteiger charge is 2.32. The molecule has 1 fully saturated rings. The molecule has 0 unspecified atom stereocenters. The van der Waals surface area contributed by atoms with Crippen LogP contribution in [0.25, 0.3) is 10.8 Å². The topological polar surface area (TPSA) is 83.7 Å². The van der Waals surface area contributed by atoms with Gasteiger partial charge in [-0.05, 0) is 56.0 Å². The molecular formula is C25H27ClFN3O4. The van der Waals surface area contributed by atoms with Crippen LogP contribution in [0.2, 0.25) is 5.02 Å². The number of amides is 2. The molecule has 4 rings (SSSR count). The molecule has 0 aliphatic carbocycles. The number of nitrogens with one attached hydrogen (secondary N) is 2. The number of hydrogen-bond acceptors (Lipinski definition) is 4. The van der Waals surface area contributed by atoms with Gasteiger partial charge in [0.1, 0.15) is 5.82 Å². The fraction of sp³-hybridized carbons (Fsp3) is 0.360. The van der Waals surface area contributed by atoms with E-state index < -0.39 is 23.7 Å². The molecule has 2 heterocycles. The Labute approximate surface area is 201 Å². The monoisotopic (exact) mass is 487 g/mol. The SMILES string of the molecule is C[C@@H](c1c[nH]c(=O)c2ccccc12)N(CC1COC(C)(C)OC1)C(=O)Nc1ccc(F)c(Cl)c1. The van der Waals surface area contributed by atoms with E-state index in [4.69, 9.17) is 21.1 Å². The summed E-state index contributed by atoms with van der Waals surface area (Å²) in [6.07, 6.45) is 1.64. The maximum atomic E-state index is 13.6. The summed E-state index contributed by atoms with van der Waals surface area (Å²) in [6.45, 7) is 6.79. The molecule has 1 aromatic heterocycles. The van der Waals surface area contributed by atoms with Gasteiger partial charge in [-0.1, -0.05) is 29.8 Å². The number of aromatic nitrogens is 1. The summed E-state index contributed by atoms with van der Waals surface area (Å²) >= 11 is 5.89. The van der Waals surface area contributed by atoms with Crippen molar-refractivity contribution in [3.63, 3.8) is 0 Å². The summed E-state index contributed by atoms with van der Waals surface area (Å²) in [4.78, 5) is 30.2. The highest BCUT2D eigenvalue weighted by Crippen LogP contribution is 2.30. The normalized spacial score (nSPS) is 16.9. The number of carbonyl (C=O) groups excluding carboxylic acids is 1. The number of benzene rings is 2. The first-order valence-corrected chi connectivity index (χ1v) is 11.4. The number of aromatic amines is 1. The van der Waals surface area contributed by atoms with E-state index in [1.807, 2.05) is 32.9 Å². The lowest BCUT2D eigenvalue weighted by molar-refractivity contribution is -0.263. The van der Waals surface area contributed by atoms with E-state index in [0.29, 0.717) is 30.8 Å². The van der Waals surface area contributed by atoms with E-state index >= 15 is 0 Å². The van der Waals surface area contributed by atoms with Crippen LogP contribution in [0, 0.1) is 11.7 Å². The zero-order valence-corrected chi connectivity index (χ0v) is 20.0. The maximum Gasteiger partial charge on any atom is 0.322 e. The third-order valence-electron chi connectivity index (χ3n) is 5.98. The second kappa shape index (κ2) is 9.74. The van der Waals surface area contributed by atoms with Crippen molar-refractivity contribution in [3.05, 3.63) is 75.4 Å². The van der Waals surface area contributed by atoms with Crippen molar-refractivity contribution in [2.24, 2.45) is 5.92 Å². The van der Waals surface area contributed by atoms with Gasteiger partial charge in [0.25, 0.3) is 5.56 Å². The molecule has 2 aromatic carbocycles. The summed E-state index contributed by atoms with van der Waals surface area (Å²) in [6, 6.07) is 10.5. The van der Waals surface area contributed by atoms with Crippen LogP contribution in [-0.4, -0.2) is 41.5 Å². The van der Waals surface area contributed by atoms with Crippen LogP contribution in [0.4, 0.5) is 14.9 Å². The van der Waals surface area contributed by atoms with Gasteiger partial charge in [0.15, 0.2) is 5.79 Å². The highest BCUT2D eigenvalue weighted by molar-refractivity contribution is 6.31. The minimum Gasteiger partial charge on any atom is -0.350 e. The fourth-order valence-corrected chi connectivity index (χ4v) is 4.22. The number of H-pyrrole nitrogens is 1. The van der Waals surface area contributed by atoms with Crippen molar-refractivity contribution in [3.8, 4) is 0 Å². The number of carbonyl (C=O) groups is 1. The van der Waals surface area contributed by atoms with Crippen LogP contribution >= 0.6 is 11.6 Å². The minimum atomic E-state index is -0.671. The van der Waals surface area contributed by atoms with Crippen LogP contribution < -0.4 is 10.9 Å². The Bertz CT molecular complexity index is 1250. The quantitative estimate of drug-likeness (QED) is 0.510. The Kier molecular flexibility index (Phi) is 6.93. The van der Waals surface area contributed by atoms with Crippen LogP contribution in [0.3, 0.4) is 0 Å². The van der Waals surface area contributed by atoms with Crippen LogP contribution in [0.15, 0.2) is 53.5 Å². The third-order valence-corrected chi connectivity index (χ3v) is 6.27. The third kappa shape index (κ3) is 5.24. The van der Waals surface area contributed by atoms with Crippen LogP contribution in [0.1, 0.15) is 32.4 Å².